The van der Waals surface area contributed by atoms with Gasteiger partial charge in [-0.05, 0) is 37.1 Å². The van der Waals surface area contributed by atoms with Crippen LogP contribution >= 0.6 is 11.6 Å². The summed E-state index contributed by atoms with van der Waals surface area (Å²) in [4.78, 5) is 12.1. The Labute approximate surface area is 113 Å². The van der Waals surface area contributed by atoms with Crippen molar-refractivity contribution in [3.8, 4) is 0 Å². The highest BCUT2D eigenvalue weighted by Gasteiger charge is 2.30. The zero-order chi connectivity index (χ0) is 13.1. The van der Waals surface area contributed by atoms with Crippen molar-refractivity contribution < 1.29 is 4.79 Å². The number of carbonyl (C=O) groups excluding carboxylic acids is 1. The molecule has 1 aliphatic rings. The minimum absolute atomic E-state index is 0.0163. The number of hydrogen-bond donors (Lipinski definition) is 2. The number of nitrogens with one attached hydrogen (secondary N) is 2. The molecule has 1 aliphatic heterocycles. The van der Waals surface area contributed by atoms with Gasteiger partial charge in [-0.3, -0.25) is 4.79 Å². The van der Waals surface area contributed by atoms with Gasteiger partial charge in [0, 0.05) is 11.6 Å². The number of hydrogen-bond acceptors (Lipinski definition) is 2. The number of rotatable bonds is 3. The normalized spacial score (nSPS) is 24.8. The van der Waals surface area contributed by atoms with Gasteiger partial charge in [-0.2, -0.15) is 0 Å². The molecule has 4 heteroatoms. The molecule has 1 fully saturated rings. The van der Waals surface area contributed by atoms with E-state index in [0.717, 1.165) is 18.7 Å². The molecule has 2 rings (SSSR count). The van der Waals surface area contributed by atoms with Crippen molar-refractivity contribution in [1.29, 1.82) is 0 Å². The zero-order valence-electron chi connectivity index (χ0n) is 10.7. The third-order valence-electron chi connectivity index (χ3n) is 3.58. The standard InChI is InChI=1S/C14H19ClN2O/c1-9-7-16-8-13(9)14(18)17-10(2)11-3-5-12(15)6-4-11/h3-6,9-10,13,16H,7-8H2,1-2H3,(H,17,18)/t9-,10?,13-/m1/s1. The first kappa shape index (κ1) is 13.4. The fourth-order valence-corrected chi connectivity index (χ4v) is 2.44. The molecule has 1 saturated heterocycles. The quantitative estimate of drug-likeness (QED) is 0.882. The van der Waals surface area contributed by atoms with Gasteiger partial charge in [0.05, 0.1) is 12.0 Å². The van der Waals surface area contributed by atoms with E-state index in [1.165, 1.54) is 0 Å². The molecule has 3 atom stereocenters. The molecule has 0 bridgehead atoms. The number of amides is 1. The second kappa shape index (κ2) is 5.72. The highest BCUT2D eigenvalue weighted by atomic mass is 35.5. The summed E-state index contributed by atoms with van der Waals surface area (Å²) in [5, 5.41) is 7.02. The molecule has 98 valence electrons. The van der Waals surface area contributed by atoms with E-state index in [9.17, 15) is 4.79 Å². The molecule has 0 aromatic heterocycles. The second-order valence-electron chi connectivity index (χ2n) is 5.02. The first-order valence-electron chi connectivity index (χ1n) is 6.34. The van der Waals surface area contributed by atoms with Gasteiger partial charge in [-0.15, -0.1) is 0 Å². The van der Waals surface area contributed by atoms with Crippen LogP contribution in [-0.2, 0) is 4.79 Å². The Hall–Kier alpha value is -1.06. The summed E-state index contributed by atoms with van der Waals surface area (Å²) in [5.74, 6) is 0.622. The summed E-state index contributed by atoms with van der Waals surface area (Å²) in [6.07, 6.45) is 0. The fourth-order valence-electron chi connectivity index (χ4n) is 2.32. The molecule has 0 saturated carbocycles. The monoisotopic (exact) mass is 266 g/mol. The Morgan fingerprint density at radius 2 is 2.06 bits per heavy atom. The maximum atomic E-state index is 12.1. The Bertz CT molecular complexity index is 418. The van der Waals surface area contributed by atoms with E-state index in [0.29, 0.717) is 10.9 Å². The molecule has 0 spiro atoms. The van der Waals surface area contributed by atoms with Gasteiger partial charge in [-0.1, -0.05) is 30.7 Å². The molecule has 1 aromatic carbocycles. The van der Waals surface area contributed by atoms with Crippen molar-refractivity contribution in [2.75, 3.05) is 13.1 Å². The van der Waals surface area contributed by atoms with Gasteiger partial charge in [-0.25, -0.2) is 0 Å². The molecular formula is C14H19ClN2O. The van der Waals surface area contributed by atoms with Crippen LogP contribution in [0.1, 0.15) is 25.5 Å². The maximum Gasteiger partial charge on any atom is 0.225 e. The first-order valence-corrected chi connectivity index (χ1v) is 6.72. The van der Waals surface area contributed by atoms with E-state index in [4.69, 9.17) is 11.6 Å². The van der Waals surface area contributed by atoms with Crippen LogP contribution in [0.3, 0.4) is 0 Å². The predicted molar refractivity (Wildman–Crippen MR) is 73.5 cm³/mol. The smallest absolute Gasteiger partial charge is 0.225 e. The van der Waals surface area contributed by atoms with Crippen LogP contribution in [0.25, 0.3) is 0 Å². The van der Waals surface area contributed by atoms with Gasteiger partial charge < -0.3 is 10.6 Å². The molecule has 1 amide bonds. The number of benzene rings is 1. The van der Waals surface area contributed by atoms with Crippen molar-refractivity contribution in [2.24, 2.45) is 11.8 Å². The lowest BCUT2D eigenvalue weighted by Crippen LogP contribution is -2.35. The van der Waals surface area contributed by atoms with Gasteiger partial charge in [0.2, 0.25) is 5.91 Å². The molecule has 1 unspecified atom stereocenters. The molecule has 3 nitrogen and oxygen atoms in total. The summed E-state index contributed by atoms with van der Waals surface area (Å²) < 4.78 is 0. The van der Waals surface area contributed by atoms with Crippen LogP contribution in [0.5, 0.6) is 0 Å². The minimum Gasteiger partial charge on any atom is -0.349 e. The Morgan fingerprint density at radius 3 is 2.61 bits per heavy atom. The van der Waals surface area contributed by atoms with E-state index in [-0.39, 0.29) is 17.9 Å². The highest BCUT2D eigenvalue weighted by Crippen LogP contribution is 2.19. The van der Waals surface area contributed by atoms with Crippen LogP contribution in [0.4, 0.5) is 0 Å². The molecule has 1 aromatic rings. The molecule has 2 N–H and O–H groups in total. The predicted octanol–water partition coefficient (Wildman–Crippen LogP) is 2.37. The Morgan fingerprint density at radius 1 is 1.39 bits per heavy atom. The fraction of sp³-hybridized carbons (Fsp3) is 0.500. The average Bonchev–Trinajstić information content (AvgIpc) is 2.76. The van der Waals surface area contributed by atoms with Crippen LogP contribution in [0, 0.1) is 11.8 Å². The highest BCUT2D eigenvalue weighted by molar-refractivity contribution is 6.30. The zero-order valence-corrected chi connectivity index (χ0v) is 11.5. The summed E-state index contributed by atoms with van der Waals surface area (Å²) >= 11 is 5.85. The molecule has 18 heavy (non-hydrogen) atoms. The Kier molecular flexibility index (Phi) is 4.25. The molecule has 0 radical (unpaired) electrons. The minimum atomic E-state index is 0.0163. The van der Waals surface area contributed by atoms with Crippen LogP contribution in [-0.4, -0.2) is 19.0 Å². The number of halogens is 1. The molecule has 0 aliphatic carbocycles. The summed E-state index contributed by atoms with van der Waals surface area (Å²) in [6.45, 7) is 5.80. The second-order valence-corrected chi connectivity index (χ2v) is 5.46. The third kappa shape index (κ3) is 3.03. The van der Waals surface area contributed by atoms with Crippen LogP contribution in [0.15, 0.2) is 24.3 Å². The van der Waals surface area contributed by atoms with E-state index in [2.05, 4.69) is 17.6 Å². The lowest BCUT2D eigenvalue weighted by molar-refractivity contribution is -0.126. The lowest BCUT2D eigenvalue weighted by atomic mass is 9.96. The third-order valence-corrected chi connectivity index (χ3v) is 3.83. The summed E-state index contributed by atoms with van der Waals surface area (Å²) in [6, 6.07) is 7.61. The van der Waals surface area contributed by atoms with E-state index in [1.807, 2.05) is 31.2 Å². The van der Waals surface area contributed by atoms with Gasteiger partial charge in [0.25, 0.3) is 0 Å². The summed E-state index contributed by atoms with van der Waals surface area (Å²) in [5.41, 5.74) is 1.08. The van der Waals surface area contributed by atoms with Gasteiger partial charge in [0.15, 0.2) is 0 Å². The SMILES string of the molecule is CC(NC(=O)[C@@H]1CNC[C@H]1C)c1ccc(Cl)cc1. The van der Waals surface area contributed by atoms with E-state index in [1.54, 1.807) is 0 Å². The first-order chi connectivity index (χ1) is 8.58. The maximum absolute atomic E-state index is 12.1. The largest absolute Gasteiger partial charge is 0.349 e. The van der Waals surface area contributed by atoms with Crippen molar-refractivity contribution in [3.05, 3.63) is 34.9 Å². The number of carbonyl (C=O) groups is 1. The Balaban J connectivity index is 1.96. The van der Waals surface area contributed by atoms with Crippen molar-refractivity contribution >= 4 is 17.5 Å². The topological polar surface area (TPSA) is 41.1 Å². The van der Waals surface area contributed by atoms with Crippen molar-refractivity contribution in [1.82, 2.24) is 10.6 Å². The molecule has 1 heterocycles. The van der Waals surface area contributed by atoms with Crippen LogP contribution in [0.2, 0.25) is 5.02 Å². The average molecular weight is 267 g/mol. The van der Waals surface area contributed by atoms with Crippen molar-refractivity contribution in [2.45, 2.75) is 19.9 Å². The van der Waals surface area contributed by atoms with Crippen molar-refractivity contribution in [3.63, 3.8) is 0 Å². The lowest BCUT2D eigenvalue weighted by Gasteiger charge is -2.19. The molecular weight excluding hydrogens is 248 g/mol. The van der Waals surface area contributed by atoms with E-state index < -0.39 is 0 Å². The van der Waals surface area contributed by atoms with Crippen LogP contribution < -0.4 is 10.6 Å². The van der Waals surface area contributed by atoms with E-state index >= 15 is 0 Å². The van der Waals surface area contributed by atoms with Gasteiger partial charge in [0.1, 0.15) is 0 Å². The van der Waals surface area contributed by atoms with Gasteiger partial charge >= 0.3 is 0 Å². The summed E-state index contributed by atoms with van der Waals surface area (Å²) in [7, 11) is 0.